The van der Waals surface area contributed by atoms with Crippen molar-refractivity contribution in [3.8, 4) is 11.5 Å². The Morgan fingerprint density at radius 1 is 1.05 bits per heavy atom. The van der Waals surface area contributed by atoms with Crippen LogP contribution in [0.5, 0.6) is 11.5 Å². The van der Waals surface area contributed by atoms with E-state index in [0.717, 1.165) is 0 Å². The Morgan fingerprint density at radius 2 is 1.64 bits per heavy atom. The van der Waals surface area contributed by atoms with Gasteiger partial charge in [-0.2, -0.15) is 18.6 Å². The van der Waals surface area contributed by atoms with Crippen molar-refractivity contribution in [1.82, 2.24) is 0 Å². The van der Waals surface area contributed by atoms with Crippen LogP contribution < -0.4 is 4.74 Å². The molecule has 0 aromatic heterocycles. The largest absolute Gasteiger partial charge is 0.504 e. The van der Waals surface area contributed by atoms with Crippen LogP contribution in [0.3, 0.4) is 0 Å². The highest BCUT2D eigenvalue weighted by Gasteiger charge is 2.08. The van der Waals surface area contributed by atoms with Gasteiger partial charge in [0.15, 0.2) is 11.5 Å². The summed E-state index contributed by atoms with van der Waals surface area (Å²) in [5.74, 6) is 0.318. The highest BCUT2D eigenvalue weighted by atomic mass is 32.2. The monoisotopic (exact) mass is 322 g/mol. The van der Waals surface area contributed by atoms with Gasteiger partial charge in [0.1, 0.15) is 0 Å². The molecule has 22 heavy (non-hydrogen) atoms. The van der Waals surface area contributed by atoms with Crippen LogP contribution in [-0.4, -0.2) is 24.7 Å². The maximum Gasteiger partial charge on any atom is 0.294 e. The number of phenolic OH excluding ortho intramolecular Hbond substituents is 1. The minimum Gasteiger partial charge on any atom is -0.504 e. The van der Waals surface area contributed by atoms with Crippen LogP contribution in [-0.2, 0) is 10.1 Å². The maximum atomic E-state index is 10.9. The number of nitrogens with zero attached hydrogens (tertiary/aromatic N) is 2. The molecule has 8 heteroatoms. The Kier molecular flexibility index (Phi) is 4.74. The zero-order valence-electron chi connectivity index (χ0n) is 11.7. The third-order valence-corrected chi connectivity index (χ3v) is 3.53. The van der Waals surface area contributed by atoms with E-state index in [1.165, 1.54) is 36.4 Å². The standard InChI is InChI=1S/C14H14N2O5S/c1-2-21-14-9-11(5-8-13(14)17)16-15-10-3-6-12(7-4-10)22(18,19)20/h3-9,17H,2H2,1H3,(H,18,19,20). The summed E-state index contributed by atoms with van der Waals surface area (Å²) in [6.45, 7) is 2.20. The summed E-state index contributed by atoms with van der Waals surface area (Å²) in [4.78, 5) is -0.213. The topological polar surface area (TPSA) is 109 Å². The van der Waals surface area contributed by atoms with Gasteiger partial charge in [0.25, 0.3) is 10.1 Å². The number of azo groups is 1. The smallest absolute Gasteiger partial charge is 0.294 e. The summed E-state index contributed by atoms with van der Waals surface area (Å²) >= 11 is 0. The lowest BCUT2D eigenvalue weighted by Crippen LogP contribution is -1.96. The molecule has 0 bridgehead atoms. The first kappa shape index (κ1) is 15.9. The van der Waals surface area contributed by atoms with E-state index in [-0.39, 0.29) is 10.6 Å². The first-order valence-electron chi connectivity index (χ1n) is 6.35. The number of hydrogen-bond donors (Lipinski definition) is 2. The fraction of sp³-hybridized carbons (Fsp3) is 0.143. The van der Waals surface area contributed by atoms with E-state index in [1.807, 2.05) is 0 Å². The molecule has 0 aliphatic rings. The molecule has 0 atom stereocenters. The molecule has 0 amide bonds. The van der Waals surface area contributed by atoms with Gasteiger partial charge in [-0.1, -0.05) is 0 Å². The zero-order valence-corrected chi connectivity index (χ0v) is 12.5. The predicted molar refractivity (Wildman–Crippen MR) is 79.7 cm³/mol. The van der Waals surface area contributed by atoms with E-state index in [0.29, 0.717) is 23.7 Å². The molecule has 0 radical (unpaired) electrons. The molecule has 7 nitrogen and oxygen atoms in total. The van der Waals surface area contributed by atoms with E-state index in [4.69, 9.17) is 9.29 Å². The lowest BCUT2D eigenvalue weighted by molar-refractivity contribution is 0.318. The van der Waals surface area contributed by atoms with E-state index >= 15 is 0 Å². The van der Waals surface area contributed by atoms with Crippen LogP contribution in [0.15, 0.2) is 57.6 Å². The highest BCUT2D eigenvalue weighted by Crippen LogP contribution is 2.31. The van der Waals surface area contributed by atoms with E-state index in [9.17, 15) is 13.5 Å². The lowest BCUT2D eigenvalue weighted by Gasteiger charge is -2.05. The summed E-state index contributed by atoms with van der Waals surface area (Å²) in [5, 5.41) is 17.5. The van der Waals surface area contributed by atoms with Gasteiger partial charge in [0.2, 0.25) is 0 Å². The SMILES string of the molecule is CCOc1cc(N=Nc2ccc(S(=O)(=O)O)cc2)ccc1O. The molecule has 2 aromatic rings. The van der Waals surface area contributed by atoms with Gasteiger partial charge >= 0.3 is 0 Å². The second-order valence-electron chi connectivity index (χ2n) is 4.25. The molecule has 0 saturated heterocycles. The van der Waals surface area contributed by atoms with E-state index in [1.54, 1.807) is 13.0 Å². The van der Waals surface area contributed by atoms with Crippen LogP contribution >= 0.6 is 0 Å². The Morgan fingerprint density at radius 3 is 2.23 bits per heavy atom. The summed E-state index contributed by atoms with van der Waals surface area (Å²) in [6.07, 6.45) is 0. The fourth-order valence-corrected chi connectivity index (χ4v) is 2.12. The van der Waals surface area contributed by atoms with E-state index in [2.05, 4.69) is 10.2 Å². The van der Waals surface area contributed by atoms with Crippen molar-refractivity contribution in [1.29, 1.82) is 0 Å². The fourth-order valence-electron chi connectivity index (χ4n) is 1.64. The number of ether oxygens (including phenoxy) is 1. The van der Waals surface area contributed by atoms with E-state index < -0.39 is 10.1 Å². The molecule has 0 aliphatic heterocycles. The predicted octanol–water partition coefficient (Wildman–Crippen LogP) is 3.45. The molecule has 0 unspecified atom stereocenters. The summed E-state index contributed by atoms with van der Waals surface area (Å²) in [6, 6.07) is 9.83. The van der Waals surface area contributed by atoms with Gasteiger partial charge < -0.3 is 9.84 Å². The molecule has 0 aliphatic carbocycles. The Balaban J connectivity index is 2.20. The molecule has 0 spiro atoms. The van der Waals surface area contributed by atoms with Crippen LogP contribution in [0, 0.1) is 0 Å². The first-order valence-corrected chi connectivity index (χ1v) is 7.79. The zero-order chi connectivity index (χ0) is 16.2. The molecule has 0 saturated carbocycles. The van der Waals surface area contributed by atoms with Gasteiger partial charge in [-0.05, 0) is 43.3 Å². The first-order chi connectivity index (χ1) is 10.4. The van der Waals surface area contributed by atoms with Crippen molar-refractivity contribution < 1.29 is 22.8 Å². The van der Waals surface area contributed by atoms with Gasteiger partial charge in [-0.15, -0.1) is 0 Å². The Labute approximate surface area is 127 Å². The molecule has 2 rings (SSSR count). The molecular formula is C14H14N2O5S. The minimum absolute atomic E-state index is 0.0123. The number of rotatable bonds is 5. The van der Waals surface area contributed by atoms with Crippen LogP contribution in [0.1, 0.15) is 6.92 Å². The van der Waals surface area contributed by atoms with Crippen molar-refractivity contribution >= 4 is 21.5 Å². The second kappa shape index (κ2) is 6.54. The van der Waals surface area contributed by atoms with Crippen molar-refractivity contribution in [3.63, 3.8) is 0 Å². The van der Waals surface area contributed by atoms with Crippen LogP contribution in [0.25, 0.3) is 0 Å². The quantitative estimate of drug-likeness (QED) is 0.647. The van der Waals surface area contributed by atoms with Gasteiger partial charge in [0.05, 0.1) is 22.9 Å². The van der Waals surface area contributed by atoms with Crippen LogP contribution in [0.4, 0.5) is 11.4 Å². The molecule has 0 fully saturated rings. The Bertz CT molecular complexity index is 785. The maximum absolute atomic E-state index is 10.9. The summed E-state index contributed by atoms with van der Waals surface area (Å²) in [7, 11) is -4.22. The van der Waals surface area contributed by atoms with Crippen molar-refractivity contribution in [3.05, 3.63) is 42.5 Å². The molecular weight excluding hydrogens is 308 g/mol. The Hall–Kier alpha value is -2.45. The number of phenols is 1. The highest BCUT2D eigenvalue weighted by molar-refractivity contribution is 7.85. The minimum atomic E-state index is -4.22. The van der Waals surface area contributed by atoms with Crippen LogP contribution in [0.2, 0.25) is 0 Å². The normalized spacial score (nSPS) is 11.7. The molecule has 0 heterocycles. The van der Waals surface area contributed by atoms with Crippen molar-refractivity contribution in [2.75, 3.05) is 6.61 Å². The molecule has 116 valence electrons. The average Bonchev–Trinajstić information content (AvgIpc) is 2.48. The van der Waals surface area contributed by atoms with Gasteiger partial charge in [0, 0.05) is 6.07 Å². The third-order valence-electron chi connectivity index (χ3n) is 2.66. The van der Waals surface area contributed by atoms with Gasteiger partial charge in [-0.3, -0.25) is 4.55 Å². The average molecular weight is 322 g/mol. The van der Waals surface area contributed by atoms with Gasteiger partial charge in [-0.25, -0.2) is 0 Å². The second-order valence-corrected chi connectivity index (χ2v) is 5.68. The number of aromatic hydroxyl groups is 1. The van der Waals surface area contributed by atoms with Crippen molar-refractivity contribution in [2.45, 2.75) is 11.8 Å². The molecule has 2 aromatic carbocycles. The number of benzene rings is 2. The number of hydrogen-bond acceptors (Lipinski definition) is 6. The lowest BCUT2D eigenvalue weighted by atomic mass is 10.3. The summed E-state index contributed by atoms with van der Waals surface area (Å²) < 4.78 is 35.9. The third kappa shape index (κ3) is 4.03. The van der Waals surface area contributed by atoms with Crippen molar-refractivity contribution in [2.24, 2.45) is 10.2 Å². The molecule has 2 N–H and O–H groups in total. The summed E-state index contributed by atoms with van der Waals surface area (Å²) in [5.41, 5.74) is 0.888.